The first-order valence-corrected chi connectivity index (χ1v) is 5.28. The molecule has 0 aromatic carbocycles. The zero-order valence-corrected chi connectivity index (χ0v) is 8.96. The molecule has 0 atom stereocenters. The van der Waals surface area contributed by atoms with E-state index in [0.717, 1.165) is 11.1 Å². The van der Waals surface area contributed by atoms with Crippen LogP contribution in [0.15, 0.2) is 64.1 Å². The van der Waals surface area contributed by atoms with E-state index < -0.39 is 0 Å². The molecule has 2 heterocycles. The summed E-state index contributed by atoms with van der Waals surface area (Å²) in [6.45, 7) is 0. The fraction of sp³-hybridized carbons (Fsp3) is 0. The van der Waals surface area contributed by atoms with Crippen LogP contribution >= 0.6 is 0 Å². The van der Waals surface area contributed by atoms with Crippen molar-refractivity contribution in [3.63, 3.8) is 0 Å². The molecular formula is C14H9NO2. The van der Waals surface area contributed by atoms with E-state index in [-0.39, 0.29) is 5.63 Å². The van der Waals surface area contributed by atoms with Gasteiger partial charge in [-0.05, 0) is 23.8 Å². The van der Waals surface area contributed by atoms with Crippen LogP contribution in [0.3, 0.4) is 0 Å². The largest absolute Gasteiger partial charge is 0.422 e. The summed E-state index contributed by atoms with van der Waals surface area (Å²) in [6.07, 6.45) is 3.33. The molecular weight excluding hydrogens is 214 g/mol. The number of hydrogen-bond donors (Lipinski definition) is 0. The zero-order valence-electron chi connectivity index (χ0n) is 8.96. The Kier molecular flexibility index (Phi) is 2.22. The fourth-order valence-electron chi connectivity index (χ4n) is 1.88. The molecule has 3 rings (SSSR count). The number of rotatable bonds is 1. The number of furan rings is 1. The highest BCUT2D eigenvalue weighted by molar-refractivity contribution is 5.81. The highest BCUT2D eigenvalue weighted by Crippen LogP contribution is 2.30. The topological polar surface area (TPSA) is 43.1 Å². The lowest BCUT2D eigenvalue weighted by atomic mass is 10.0. The average Bonchev–Trinajstić information content (AvgIpc) is 2.52. The Bertz CT molecular complexity index is 673. The van der Waals surface area contributed by atoms with Gasteiger partial charge < -0.3 is 4.42 Å². The lowest BCUT2D eigenvalue weighted by molar-refractivity contribution is 0.546. The Balaban J connectivity index is 2.34. The van der Waals surface area contributed by atoms with E-state index in [4.69, 9.17) is 4.42 Å². The minimum Gasteiger partial charge on any atom is -0.422 e. The van der Waals surface area contributed by atoms with E-state index in [9.17, 15) is 4.79 Å². The van der Waals surface area contributed by atoms with Crippen molar-refractivity contribution in [2.45, 2.75) is 0 Å². The smallest absolute Gasteiger partial charge is 0.344 e. The molecule has 17 heavy (non-hydrogen) atoms. The van der Waals surface area contributed by atoms with Gasteiger partial charge in [0.2, 0.25) is 0 Å². The molecule has 0 bridgehead atoms. The maximum Gasteiger partial charge on any atom is 0.344 e. The van der Waals surface area contributed by atoms with Crippen molar-refractivity contribution in [1.82, 2.24) is 4.98 Å². The molecule has 0 spiro atoms. The second kappa shape index (κ2) is 3.87. The normalized spacial score (nSPS) is 10.6. The Hall–Kier alpha value is -2.42. The average molecular weight is 223 g/mol. The Morgan fingerprint density at radius 1 is 0.941 bits per heavy atom. The summed E-state index contributed by atoms with van der Waals surface area (Å²) >= 11 is 0. The second-order valence-electron chi connectivity index (χ2n) is 3.69. The van der Waals surface area contributed by atoms with E-state index in [1.54, 1.807) is 30.6 Å². The van der Waals surface area contributed by atoms with Crippen molar-refractivity contribution in [3.8, 4) is 22.5 Å². The molecule has 1 aliphatic heterocycles. The predicted molar refractivity (Wildman–Crippen MR) is 64.8 cm³/mol. The quantitative estimate of drug-likeness (QED) is 0.637. The van der Waals surface area contributed by atoms with Crippen LogP contribution in [0.1, 0.15) is 0 Å². The fourth-order valence-corrected chi connectivity index (χ4v) is 1.88. The highest BCUT2D eigenvalue weighted by atomic mass is 16.4. The third-order valence-electron chi connectivity index (χ3n) is 2.64. The van der Waals surface area contributed by atoms with Gasteiger partial charge in [0.05, 0.1) is 5.56 Å². The van der Waals surface area contributed by atoms with Crippen molar-refractivity contribution < 1.29 is 4.42 Å². The number of fused-ring (bicyclic) bond motifs is 1. The van der Waals surface area contributed by atoms with Gasteiger partial charge in [0.25, 0.3) is 0 Å². The molecule has 3 heteroatoms. The number of nitrogens with zero attached hydrogens (tertiary/aromatic N) is 1. The van der Waals surface area contributed by atoms with Crippen molar-refractivity contribution in [1.29, 1.82) is 0 Å². The van der Waals surface area contributed by atoms with Crippen LogP contribution in [0.5, 0.6) is 0 Å². The molecule has 1 aliphatic carbocycles. The maximum absolute atomic E-state index is 11.9. The van der Waals surface area contributed by atoms with Crippen molar-refractivity contribution in [3.05, 3.63) is 65.3 Å². The lowest BCUT2D eigenvalue weighted by Crippen LogP contribution is -1.95. The second-order valence-corrected chi connectivity index (χ2v) is 3.69. The van der Waals surface area contributed by atoms with E-state index in [0.29, 0.717) is 11.3 Å². The van der Waals surface area contributed by atoms with Crippen LogP contribution in [-0.4, -0.2) is 4.98 Å². The molecule has 0 N–H and O–H groups in total. The van der Waals surface area contributed by atoms with Crippen LogP contribution < -0.4 is 5.63 Å². The van der Waals surface area contributed by atoms with Crippen LogP contribution in [0.4, 0.5) is 0 Å². The molecule has 1 aromatic rings. The van der Waals surface area contributed by atoms with E-state index in [1.165, 1.54) is 0 Å². The molecule has 0 amide bonds. The van der Waals surface area contributed by atoms with Gasteiger partial charge in [-0.15, -0.1) is 0 Å². The first kappa shape index (κ1) is 9.78. The van der Waals surface area contributed by atoms with Gasteiger partial charge in [0.15, 0.2) is 0 Å². The van der Waals surface area contributed by atoms with Crippen LogP contribution in [0.2, 0.25) is 0 Å². The Morgan fingerprint density at radius 3 is 2.53 bits per heavy atom. The molecule has 2 aliphatic rings. The third-order valence-corrected chi connectivity index (χ3v) is 2.64. The van der Waals surface area contributed by atoms with Gasteiger partial charge in [-0.2, -0.15) is 0 Å². The summed E-state index contributed by atoms with van der Waals surface area (Å²) in [7, 11) is 0. The minimum absolute atomic E-state index is 0.308. The summed E-state index contributed by atoms with van der Waals surface area (Å²) < 4.78 is 5.24. The molecule has 0 saturated carbocycles. The van der Waals surface area contributed by atoms with Gasteiger partial charge in [-0.1, -0.05) is 24.3 Å². The molecule has 3 nitrogen and oxygen atoms in total. The molecule has 0 unspecified atom stereocenters. The predicted octanol–water partition coefficient (Wildman–Crippen LogP) is 2.81. The number of hydrogen-bond acceptors (Lipinski definition) is 3. The van der Waals surface area contributed by atoms with Crippen LogP contribution in [-0.2, 0) is 0 Å². The van der Waals surface area contributed by atoms with Crippen molar-refractivity contribution in [2.75, 3.05) is 0 Å². The highest BCUT2D eigenvalue weighted by Gasteiger charge is 2.17. The number of aromatic nitrogens is 1. The standard InChI is InChI=1S/C14H9NO2/c16-14-13(10-6-8-15-9-7-10)11-4-2-1-3-5-12(11)17-14/h1-9H. The lowest BCUT2D eigenvalue weighted by Gasteiger charge is -1.96. The van der Waals surface area contributed by atoms with Gasteiger partial charge in [0.1, 0.15) is 5.76 Å². The van der Waals surface area contributed by atoms with E-state index in [2.05, 4.69) is 4.98 Å². The molecule has 1 aromatic heterocycles. The third kappa shape index (κ3) is 1.61. The maximum atomic E-state index is 11.9. The SMILES string of the molecule is O=c1oc2cccccc-2c1-c1ccncc1. The summed E-state index contributed by atoms with van der Waals surface area (Å²) in [5, 5.41) is 0. The molecule has 0 radical (unpaired) electrons. The summed E-state index contributed by atoms with van der Waals surface area (Å²) in [6, 6.07) is 12.9. The Morgan fingerprint density at radius 2 is 1.71 bits per heavy atom. The molecule has 82 valence electrons. The van der Waals surface area contributed by atoms with Crippen LogP contribution in [0.25, 0.3) is 22.5 Å². The van der Waals surface area contributed by atoms with Gasteiger partial charge in [0, 0.05) is 18.0 Å². The van der Waals surface area contributed by atoms with E-state index >= 15 is 0 Å². The summed E-state index contributed by atoms with van der Waals surface area (Å²) in [5.74, 6) is 0.604. The minimum atomic E-state index is -0.308. The van der Waals surface area contributed by atoms with Crippen LogP contribution in [0, 0.1) is 0 Å². The first-order valence-electron chi connectivity index (χ1n) is 5.28. The van der Waals surface area contributed by atoms with Gasteiger partial charge >= 0.3 is 5.63 Å². The first-order chi connectivity index (χ1) is 8.36. The molecule has 0 fully saturated rings. The van der Waals surface area contributed by atoms with E-state index in [1.807, 2.05) is 24.3 Å². The monoisotopic (exact) mass is 223 g/mol. The van der Waals surface area contributed by atoms with Crippen molar-refractivity contribution >= 4 is 0 Å². The molecule has 0 saturated heterocycles. The zero-order chi connectivity index (χ0) is 11.7. The van der Waals surface area contributed by atoms with Crippen molar-refractivity contribution in [2.24, 2.45) is 0 Å². The van der Waals surface area contributed by atoms with Gasteiger partial charge in [-0.25, -0.2) is 4.79 Å². The summed E-state index contributed by atoms with van der Waals surface area (Å²) in [5.41, 5.74) is 1.94. The van der Waals surface area contributed by atoms with Gasteiger partial charge in [-0.3, -0.25) is 4.98 Å². The Labute approximate surface area is 97.7 Å². The number of pyridine rings is 1. The summed E-state index contributed by atoms with van der Waals surface area (Å²) in [4.78, 5) is 15.8.